The lowest BCUT2D eigenvalue weighted by Crippen LogP contribution is -2.04. The number of rotatable bonds is 5. The van der Waals surface area contributed by atoms with Gasteiger partial charge in [-0.1, -0.05) is 18.2 Å². The number of ether oxygens (including phenoxy) is 1. The highest BCUT2D eigenvalue weighted by atomic mass is 16.5. The van der Waals surface area contributed by atoms with Crippen LogP contribution in [0, 0.1) is 0 Å². The monoisotopic (exact) mass is 205 g/mol. The van der Waals surface area contributed by atoms with Crippen molar-refractivity contribution in [2.45, 2.75) is 32.3 Å². The molecule has 1 aromatic carbocycles. The normalized spacial score (nSPS) is 14.2. The van der Waals surface area contributed by atoms with Crippen molar-refractivity contribution < 1.29 is 4.74 Å². The Morgan fingerprint density at radius 1 is 1.20 bits per heavy atom. The fourth-order valence-corrected chi connectivity index (χ4v) is 2.09. The van der Waals surface area contributed by atoms with Crippen LogP contribution in [0.3, 0.4) is 0 Å². The van der Waals surface area contributed by atoms with Gasteiger partial charge in [0.05, 0.1) is 6.61 Å². The van der Waals surface area contributed by atoms with Gasteiger partial charge in [0, 0.05) is 6.61 Å². The van der Waals surface area contributed by atoms with Crippen LogP contribution in [0.4, 0.5) is 0 Å². The molecule has 1 aromatic rings. The van der Waals surface area contributed by atoms with Crippen molar-refractivity contribution in [2.75, 3.05) is 13.2 Å². The number of aryl methyl sites for hydroxylation is 2. The predicted octanol–water partition coefficient (Wildman–Crippen LogP) is 2.04. The summed E-state index contributed by atoms with van der Waals surface area (Å²) in [5.41, 5.74) is 9.75. The molecule has 0 unspecified atom stereocenters. The van der Waals surface area contributed by atoms with E-state index in [2.05, 4.69) is 18.2 Å². The van der Waals surface area contributed by atoms with Gasteiger partial charge in [0.25, 0.3) is 0 Å². The maximum Gasteiger partial charge on any atom is 0.0716 e. The van der Waals surface area contributed by atoms with Crippen LogP contribution in [0.15, 0.2) is 18.2 Å². The molecule has 0 heterocycles. The van der Waals surface area contributed by atoms with E-state index in [1.54, 1.807) is 0 Å². The molecule has 0 saturated heterocycles. The molecule has 0 saturated carbocycles. The Morgan fingerprint density at radius 3 is 2.93 bits per heavy atom. The molecule has 0 amide bonds. The Bertz CT molecular complexity index is 322. The third kappa shape index (κ3) is 2.80. The minimum Gasteiger partial charge on any atom is -0.377 e. The zero-order valence-corrected chi connectivity index (χ0v) is 9.17. The van der Waals surface area contributed by atoms with Crippen LogP contribution in [0.25, 0.3) is 0 Å². The summed E-state index contributed by atoms with van der Waals surface area (Å²) in [7, 11) is 0. The van der Waals surface area contributed by atoms with E-state index in [9.17, 15) is 0 Å². The maximum atomic E-state index is 5.54. The number of nitrogens with two attached hydrogens (primary N) is 1. The van der Waals surface area contributed by atoms with E-state index in [4.69, 9.17) is 10.5 Å². The van der Waals surface area contributed by atoms with Crippen LogP contribution in [0.2, 0.25) is 0 Å². The molecule has 0 spiro atoms. The summed E-state index contributed by atoms with van der Waals surface area (Å²) in [4.78, 5) is 0. The fraction of sp³-hybridized carbons (Fsp3) is 0.538. The van der Waals surface area contributed by atoms with Gasteiger partial charge in [0.15, 0.2) is 0 Å². The number of hydrogen-bond donors (Lipinski definition) is 1. The Kier molecular flexibility index (Phi) is 3.75. The van der Waals surface area contributed by atoms with E-state index in [1.807, 2.05) is 0 Å². The quantitative estimate of drug-likeness (QED) is 0.747. The lowest BCUT2D eigenvalue weighted by molar-refractivity contribution is 0.120. The Balaban J connectivity index is 1.87. The maximum absolute atomic E-state index is 5.54. The van der Waals surface area contributed by atoms with Gasteiger partial charge >= 0.3 is 0 Å². The molecule has 1 aliphatic carbocycles. The molecule has 1 aliphatic rings. The fourth-order valence-electron chi connectivity index (χ4n) is 2.09. The number of benzene rings is 1. The number of hydrogen-bond acceptors (Lipinski definition) is 2. The SMILES string of the molecule is NCCCOCc1ccc2c(c1)CCC2. The van der Waals surface area contributed by atoms with E-state index < -0.39 is 0 Å². The number of fused-ring (bicyclic) bond motifs is 1. The zero-order valence-electron chi connectivity index (χ0n) is 9.17. The van der Waals surface area contributed by atoms with E-state index in [0.29, 0.717) is 6.54 Å². The van der Waals surface area contributed by atoms with Crippen molar-refractivity contribution in [2.24, 2.45) is 5.73 Å². The summed E-state index contributed by atoms with van der Waals surface area (Å²) in [6.45, 7) is 2.21. The smallest absolute Gasteiger partial charge is 0.0716 e. The van der Waals surface area contributed by atoms with Gasteiger partial charge in [-0.15, -0.1) is 0 Å². The first kappa shape index (κ1) is 10.7. The third-order valence-corrected chi connectivity index (χ3v) is 2.92. The highest BCUT2D eigenvalue weighted by Gasteiger charge is 2.10. The predicted molar refractivity (Wildman–Crippen MR) is 61.8 cm³/mol. The van der Waals surface area contributed by atoms with E-state index >= 15 is 0 Å². The standard InChI is InChI=1S/C13H19NO/c14-7-2-8-15-10-11-5-6-12-3-1-4-13(12)9-11/h5-6,9H,1-4,7-8,10,14H2. The molecule has 15 heavy (non-hydrogen) atoms. The third-order valence-electron chi connectivity index (χ3n) is 2.92. The van der Waals surface area contributed by atoms with Crippen molar-refractivity contribution in [1.29, 1.82) is 0 Å². The molecule has 2 N–H and O–H groups in total. The van der Waals surface area contributed by atoms with Gasteiger partial charge < -0.3 is 10.5 Å². The molecular formula is C13H19NO. The molecule has 2 nitrogen and oxygen atoms in total. The highest BCUT2D eigenvalue weighted by molar-refractivity contribution is 5.34. The molecule has 2 rings (SSSR count). The Hall–Kier alpha value is -0.860. The van der Waals surface area contributed by atoms with Gasteiger partial charge in [0.1, 0.15) is 0 Å². The molecule has 0 bridgehead atoms. The molecule has 0 fully saturated rings. The highest BCUT2D eigenvalue weighted by Crippen LogP contribution is 2.22. The average Bonchev–Trinajstić information content (AvgIpc) is 2.71. The van der Waals surface area contributed by atoms with Crippen molar-refractivity contribution in [1.82, 2.24) is 0 Å². The molecule has 0 radical (unpaired) electrons. The summed E-state index contributed by atoms with van der Waals surface area (Å²) in [5, 5.41) is 0. The summed E-state index contributed by atoms with van der Waals surface area (Å²) in [5.74, 6) is 0. The van der Waals surface area contributed by atoms with Crippen LogP contribution in [-0.4, -0.2) is 13.2 Å². The van der Waals surface area contributed by atoms with Crippen LogP contribution in [0.1, 0.15) is 29.5 Å². The average molecular weight is 205 g/mol. The second-order valence-corrected chi connectivity index (χ2v) is 4.15. The van der Waals surface area contributed by atoms with E-state index in [1.165, 1.54) is 36.0 Å². The zero-order chi connectivity index (χ0) is 10.5. The first-order chi connectivity index (χ1) is 7.40. The van der Waals surface area contributed by atoms with Crippen molar-refractivity contribution in [3.05, 3.63) is 34.9 Å². The van der Waals surface area contributed by atoms with Crippen molar-refractivity contribution in [3.8, 4) is 0 Å². The largest absolute Gasteiger partial charge is 0.377 e. The second kappa shape index (κ2) is 5.29. The molecule has 0 atom stereocenters. The van der Waals surface area contributed by atoms with Gasteiger partial charge in [-0.3, -0.25) is 0 Å². The van der Waals surface area contributed by atoms with Crippen LogP contribution in [0.5, 0.6) is 0 Å². The van der Waals surface area contributed by atoms with Gasteiger partial charge in [-0.05, 0) is 48.9 Å². The minimum atomic E-state index is 0.712. The molecule has 2 heteroatoms. The van der Waals surface area contributed by atoms with E-state index in [-0.39, 0.29) is 0 Å². The van der Waals surface area contributed by atoms with Crippen LogP contribution < -0.4 is 5.73 Å². The Labute approximate surface area is 91.4 Å². The minimum absolute atomic E-state index is 0.712. The van der Waals surface area contributed by atoms with Crippen LogP contribution >= 0.6 is 0 Å². The van der Waals surface area contributed by atoms with Crippen LogP contribution in [-0.2, 0) is 24.2 Å². The van der Waals surface area contributed by atoms with Gasteiger partial charge in [0.2, 0.25) is 0 Å². The van der Waals surface area contributed by atoms with Crippen molar-refractivity contribution in [3.63, 3.8) is 0 Å². The summed E-state index contributed by atoms with van der Waals surface area (Å²) in [6.07, 6.45) is 4.76. The second-order valence-electron chi connectivity index (χ2n) is 4.15. The molecule has 0 aliphatic heterocycles. The Morgan fingerprint density at radius 2 is 2.07 bits per heavy atom. The van der Waals surface area contributed by atoms with Gasteiger partial charge in [-0.2, -0.15) is 0 Å². The summed E-state index contributed by atoms with van der Waals surface area (Å²) >= 11 is 0. The molecule has 82 valence electrons. The topological polar surface area (TPSA) is 35.2 Å². The van der Waals surface area contributed by atoms with Gasteiger partial charge in [-0.25, -0.2) is 0 Å². The summed E-state index contributed by atoms with van der Waals surface area (Å²) < 4.78 is 5.54. The summed E-state index contributed by atoms with van der Waals surface area (Å²) in [6, 6.07) is 6.74. The van der Waals surface area contributed by atoms with Crippen molar-refractivity contribution >= 4 is 0 Å². The molecule has 0 aromatic heterocycles. The molecular weight excluding hydrogens is 186 g/mol. The first-order valence-corrected chi connectivity index (χ1v) is 5.78. The first-order valence-electron chi connectivity index (χ1n) is 5.78. The van der Waals surface area contributed by atoms with E-state index in [0.717, 1.165) is 19.6 Å². The lowest BCUT2D eigenvalue weighted by Gasteiger charge is -2.06. The lowest BCUT2D eigenvalue weighted by atomic mass is 10.1.